The van der Waals surface area contributed by atoms with Crippen molar-refractivity contribution >= 4 is 35.5 Å². The van der Waals surface area contributed by atoms with Crippen molar-refractivity contribution in [3.8, 4) is 0 Å². The summed E-state index contributed by atoms with van der Waals surface area (Å²) < 4.78 is 0. The minimum absolute atomic E-state index is 0.00290. The van der Waals surface area contributed by atoms with Crippen molar-refractivity contribution in [2.45, 2.75) is 19.9 Å². The van der Waals surface area contributed by atoms with Crippen molar-refractivity contribution in [1.82, 2.24) is 15.3 Å². The lowest BCUT2D eigenvalue weighted by Gasteiger charge is -2.33. The Hall–Kier alpha value is -2.02. The largest absolute Gasteiger partial charge is 0.335 e. The summed E-state index contributed by atoms with van der Waals surface area (Å²) in [5, 5.41) is 2.21. The molecule has 1 saturated heterocycles. The summed E-state index contributed by atoms with van der Waals surface area (Å²) in [4.78, 5) is 43.6. The van der Waals surface area contributed by atoms with E-state index in [-0.39, 0.29) is 23.1 Å². The first-order valence-corrected chi connectivity index (χ1v) is 5.91. The Labute approximate surface area is 114 Å². The van der Waals surface area contributed by atoms with Gasteiger partial charge in [-0.2, -0.15) is 0 Å². The molecule has 1 atom stereocenters. The molecule has 0 radical (unpaired) electrons. The SMILES string of the molecule is Cc1nc(Cl)c(C=O)c(N2CC(=O)NC(=O)C2C)n1. The van der Waals surface area contributed by atoms with Crippen LogP contribution in [0.15, 0.2) is 0 Å². The van der Waals surface area contributed by atoms with Crippen LogP contribution in [0.1, 0.15) is 23.1 Å². The minimum Gasteiger partial charge on any atom is -0.335 e. The van der Waals surface area contributed by atoms with E-state index in [9.17, 15) is 14.4 Å². The number of aromatic nitrogens is 2. The smallest absolute Gasteiger partial charge is 0.249 e. The first kappa shape index (κ1) is 13.4. The molecule has 0 aliphatic carbocycles. The molecule has 1 aromatic rings. The second kappa shape index (κ2) is 4.93. The Kier molecular flexibility index (Phi) is 3.48. The quantitative estimate of drug-likeness (QED) is 0.470. The summed E-state index contributed by atoms with van der Waals surface area (Å²) in [6, 6.07) is -0.623. The molecule has 0 spiro atoms. The molecular weight excluding hydrogens is 272 g/mol. The number of aldehydes is 1. The molecule has 0 bridgehead atoms. The zero-order chi connectivity index (χ0) is 14.2. The Morgan fingerprint density at radius 2 is 2.11 bits per heavy atom. The van der Waals surface area contributed by atoms with Crippen LogP contribution in [0.3, 0.4) is 0 Å². The summed E-state index contributed by atoms with van der Waals surface area (Å²) >= 11 is 5.88. The van der Waals surface area contributed by atoms with Crippen LogP contribution in [-0.4, -0.2) is 40.7 Å². The van der Waals surface area contributed by atoms with Gasteiger partial charge >= 0.3 is 0 Å². The predicted molar refractivity (Wildman–Crippen MR) is 67.1 cm³/mol. The molecule has 1 unspecified atom stereocenters. The first-order chi connectivity index (χ1) is 8.93. The zero-order valence-corrected chi connectivity index (χ0v) is 11.1. The Morgan fingerprint density at radius 1 is 1.42 bits per heavy atom. The number of aryl methyl sites for hydroxylation is 1. The molecule has 0 saturated carbocycles. The van der Waals surface area contributed by atoms with Gasteiger partial charge in [-0.1, -0.05) is 11.6 Å². The van der Waals surface area contributed by atoms with Crippen LogP contribution >= 0.6 is 11.6 Å². The van der Waals surface area contributed by atoms with Gasteiger partial charge in [0.05, 0.1) is 12.1 Å². The molecule has 19 heavy (non-hydrogen) atoms. The predicted octanol–water partition coefficient (Wildman–Crippen LogP) is 0.102. The minimum atomic E-state index is -0.623. The molecule has 7 nitrogen and oxygen atoms in total. The number of hydrogen-bond donors (Lipinski definition) is 1. The number of hydrogen-bond acceptors (Lipinski definition) is 6. The first-order valence-electron chi connectivity index (χ1n) is 5.53. The number of halogens is 1. The zero-order valence-electron chi connectivity index (χ0n) is 10.3. The van der Waals surface area contributed by atoms with Crippen LogP contribution in [0.4, 0.5) is 5.82 Å². The van der Waals surface area contributed by atoms with E-state index >= 15 is 0 Å². The van der Waals surface area contributed by atoms with Gasteiger partial charge in [0.15, 0.2) is 6.29 Å². The monoisotopic (exact) mass is 282 g/mol. The summed E-state index contributed by atoms with van der Waals surface area (Å²) in [6.45, 7) is 3.16. The third-order valence-electron chi connectivity index (χ3n) is 2.80. The summed E-state index contributed by atoms with van der Waals surface area (Å²) in [5.74, 6) is -0.341. The number of amides is 2. The molecule has 1 fully saturated rings. The van der Waals surface area contributed by atoms with Gasteiger partial charge < -0.3 is 4.90 Å². The van der Waals surface area contributed by atoms with Crippen molar-refractivity contribution in [3.63, 3.8) is 0 Å². The molecule has 1 aliphatic heterocycles. The normalized spacial score (nSPS) is 19.3. The number of rotatable bonds is 2. The lowest BCUT2D eigenvalue weighted by atomic mass is 10.1. The van der Waals surface area contributed by atoms with E-state index in [2.05, 4.69) is 15.3 Å². The van der Waals surface area contributed by atoms with Crippen molar-refractivity contribution in [3.05, 3.63) is 16.5 Å². The van der Waals surface area contributed by atoms with Gasteiger partial charge in [0, 0.05) is 0 Å². The number of anilines is 1. The van der Waals surface area contributed by atoms with Crippen LogP contribution in [-0.2, 0) is 9.59 Å². The standard InChI is InChI=1S/C11H11ClN4O3/c1-5-11(19)15-8(18)3-16(5)10-7(4-17)9(12)13-6(2)14-10/h4-5H,3H2,1-2H3,(H,15,18,19). The second-order valence-electron chi connectivity index (χ2n) is 4.13. The highest BCUT2D eigenvalue weighted by molar-refractivity contribution is 6.32. The van der Waals surface area contributed by atoms with Crippen LogP contribution in [0, 0.1) is 6.92 Å². The Morgan fingerprint density at radius 3 is 2.74 bits per heavy atom. The highest BCUT2D eigenvalue weighted by Crippen LogP contribution is 2.25. The molecule has 1 aliphatic rings. The van der Waals surface area contributed by atoms with E-state index in [4.69, 9.17) is 11.6 Å². The lowest BCUT2D eigenvalue weighted by Crippen LogP contribution is -2.57. The van der Waals surface area contributed by atoms with Gasteiger partial charge in [-0.05, 0) is 13.8 Å². The fraction of sp³-hybridized carbons (Fsp3) is 0.364. The average molecular weight is 283 g/mol. The highest BCUT2D eigenvalue weighted by Gasteiger charge is 2.33. The van der Waals surface area contributed by atoms with Gasteiger partial charge in [0.1, 0.15) is 22.8 Å². The molecule has 0 aromatic carbocycles. The summed E-state index contributed by atoms with van der Waals surface area (Å²) in [6.07, 6.45) is 0.515. The topological polar surface area (TPSA) is 92.3 Å². The Balaban J connectivity index is 2.53. The van der Waals surface area contributed by atoms with Crippen molar-refractivity contribution in [2.24, 2.45) is 0 Å². The van der Waals surface area contributed by atoms with Gasteiger partial charge in [0.25, 0.3) is 0 Å². The van der Waals surface area contributed by atoms with Gasteiger partial charge in [0.2, 0.25) is 11.8 Å². The molecule has 100 valence electrons. The maximum absolute atomic E-state index is 11.6. The molecular formula is C11H11ClN4O3. The van der Waals surface area contributed by atoms with E-state index in [1.54, 1.807) is 13.8 Å². The third kappa shape index (κ3) is 2.41. The van der Waals surface area contributed by atoms with E-state index < -0.39 is 17.9 Å². The van der Waals surface area contributed by atoms with Crippen molar-refractivity contribution in [2.75, 3.05) is 11.4 Å². The van der Waals surface area contributed by atoms with Crippen LogP contribution in [0.25, 0.3) is 0 Å². The number of imide groups is 1. The van der Waals surface area contributed by atoms with Gasteiger partial charge in [-0.25, -0.2) is 9.97 Å². The number of piperazine rings is 1. The molecule has 2 amide bonds. The fourth-order valence-corrected chi connectivity index (χ4v) is 2.08. The highest BCUT2D eigenvalue weighted by atomic mass is 35.5. The number of nitrogens with one attached hydrogen (secondary N) is 1. The number of nitrogens with zero attached hydrogens (tertiary/aromatic N) is 3. The van der Waals surface area contributed by atoms with Crippen LogP contribution in [0.5, 0.6) is 0 Å². The lowest BCUT2D eigenvalue weighted by molar-refractivity contribution is -0.132. The average Bonchev–Trinajstić information content (AvgIpc) is 2.33. The fourth-order valence-electron chi connectivity index (χ4n) is 1.83. The molecule has 8 heteroatoms. The Bertz CT molecular complexity index is 575. The molecule has 2 heterocycles. The number of carbonyl (C=O) groups excluding carboxylic acids is 3. The number of carbonyl (C=O) groups is 3. The van der Waals surface area contributed by atoms with E-state index in [0.717, 1.165) is 0 Å². The summed E-state index contributed by atoms with van der Waals surface area (Å²) in [5.41, 5.74) is 0.0709. The molecule has 1 N–H and O–H groups in total. The molecule has 1 aromatic heterocycles. The third-order valence-corrected chi connectivity index (χ3v) is 3.09. The summed E-state index contributed by atoms with van der Waals surface area (Å²) in [7, 11) is 0. The van der Waals surface area contributed by atoms with Crippen LogP contribution in [0.2, 0.25) is 5.15 Å². The van der Waals surface area contributed by atoms with Crippen LogP contribution < -0.4 is 10.2 Å². The van der Waals surface area contributed by atoms with Gasteiger partial charge in [-0.15, -0.1) is 0 Å². The van der Waals surface area contributed by atoms with E-state index in [1.165, 1.54) is 4.90 Å². The molecule has 2 rings (SSSR count). The van der Waals surface area contributed by atoms with Crippen molar-refractivity contribution < 1.29 is 14.4 Å². The second-order valence-corrected chi connectivity index (χ2v) is 4.49. The maximum atomic E-state index is 11.6. The van der Waals surface area contributed by atoms with E-state index in [0.29, 0.717) is 12.1 Å². The van der Waals surface area contributed by atoms with E-state index in [1.807, 2.05) is 0 Å². The van der Waals surface area contributed by atoms with Crippen molar-refractivity contribution in [1.29, 1.82) is 0 Å². The van der Waals surface area contributed by atoms with Gasteiger partial charge in [-0.3, -0.25) is 19.7 Å². The maximum Gasteiger partial charge on any atom is 0.249 e.